The number of hydrogen-bond acceptors (Lipinski definition) is 5. The number of amides is 1. The van der Waals surface area contributed by atoms with Crippen molar-refractivity contribution in [1.82, 2.24) is 15.3 Å². The van der Waals surface area contributed by atoms with E-state index in [9.17, 15) is 4.79 Å². The van der Waals surface area contributed by atoms with Crippen molar-refractivity contribution in [3.05, 3.63) is 76.5 Å². The number of anilines is 1. The van der Waals surface area contributed by atoms with E-state index >= 15 is 0 Å². The molecular weight excluding hydrogens is 432 g/mol. The highest BCUT2D eigenvalue weighted by atomic mass is 79.9. The SMILES string of the molecule is O=C(NCc1ccc(N2CCCC2)nc1)c1ccc(Oc2ccc(Br)cc2)nc1. The minimum atomic E-state index is -0.184. The van der Waals surface area contributed by atoms with E-state index in [1.54, 1.807) is 12.1 Å². The third-order valence-electron chi connectivity index (χ3n) is 4.73. The van der Waals surface area contributed by atoms with Crippen LogP contribution in [0.4, 0.5) is 5.82 Å². The summed E-state index contributed by atoms with van der Waals surface area (Å²) in [5.74, 6) is 1.94. The zero-order valence-electron chi connectivity index (χ0n) is 15.8. The van der Waals surface area contributed by atoms with Crippen molar-refractivity contribution in [3.63, 3.8) is 0 Å². The van der Waals surface area contributed by atoms with Crippen molar-refractivity contribution in [2.24, 2.45) is 0 Å². The van der Waals surface area contributed by atoms with E-state index in [0.29, 0.717) is 23.7 Å². The van der Waals surface area contributed by atoms with E-state index in [0.717, 1.165) is 28.9 Å². The molecule has 1 saturated heterocycles. The first kappa shape index (κ1) is 19.4. The topological polar surface area (TPSA) is 67.4 Å². The Hall–Kier alpha value is -2.93. The second kappa shape index (κ2) is 9.05. The maximum atomic E-state index is 12.4. The molecule has 1 fully saturated rings. The van der Waals surface area contributed by atoms with Crippen LogP contribution in [0.1, 0.15) is 28.8 Å². The highest BCUT2D eigenvalue weighted by Gasteiger charge is 2.13. The van der Waals surface area contributed by atoms with E-state index in [2.05, 4.69) is 36.1 Å². The number of halogens is 1. The molecule has 0 radical (unpaired) electrons. The Morgan fingerprint density at radius 3 is 2.45 bits per heavy atom. The van der Waals surface area contributed by atoms with E-state index in [1.165, 1.54) is 19.0 Å². The second-order valence-corrected chi connectivity index (χ2v) is 7.76. The Kier molecular flexibility index (Phi) is 6.05. The van der Waals surface area contributed by atoms with Gasteiger partial charge in [0, 0.05) is 42.6 Å². The summed E-state index contributed by atoms with van der Waals surface area (Å²) in [4.78, 5) is 23.4. The lowest BCUT2D eigenvalue weighted by atomic mass is 10.2. The Morgan fingerprint density at radius 2 is 1.79 bits per heavy atom. The second-order valence-electron chi connectivity index (χ2n) is 6.84. The van der Waals surface area contributed by atoms with Gasteiger partial charge in [-0.2, -0.15) is 0 Å². The third-order valence-corrected chi connectivity index (χ3v) is 5.26. The summed E-state index contributed by atoms with van der Waals surface area (Å²) >= 11 is 3.38. The third kappa shape index (κ3) is 5.12. The van der Waals surface area contributed by atoms with Crippen LogP contribution in [0.25, 0.3) is 0 Å². The number of nitrogens with zero attached hydrogens (tertiary/aromatic N) is 3. The summed E-state index contributed by atoms with van der Waals surface area (Å²) in [6.07, 6.45) is 5.78. The number of rotatable bonds is 6. The minimum Gasteiger partial charge on any atom is -0.439 e. The summed E-state index contributed by atoms with van der Waals surface area (Å²) in [5.41, 5.74) is 1.44. The molecular formula is C22H21BrN4O2. The Bertz CT molecular complexity index is 954. The molecule has 3 heterocycles. The summed E-state index contributed by atoms with van der Waals surface area (Å²) < 4.78 is 6.65. The van der Waals surface area contributed by atoms with Crippen LogP contribution >= 0.6 is 15.9 Å². The van der Waals surface area contributed by atoms with Gasteiger partial charge in [-0.1, -0.05) is 22.0 Å². The lowest BCUT2D eigenvalue weighted by molar-refractivity contribution is 0.0950. The van der Waals surface area contributed by atoms with Gasteiger partial charge in [0.15, 0.2) is 0 Å². The van der Waals surface area contributed by atoms with Crippen molar-refractivity contribution in [2.45, 2.75) is 19.4 Å². The Morgan fingerprint density at radius 1 is 1.00 bits per heavy atom. The van der Waals surface area contributed by atoms with Gasteiger partial charge in [-0.25, -0.2) is 9.97 Å². The molecule has 7 heteroatoms. The molecule has 1 amide bonds. The van der Waals surface area contributed by atoms with Crippen molar-refractivity contribution in [2.75, 3.05) is 18.0 Å². The normalized spacial score (nSPS) is 13.3. The lowest BCUT2D eigenvalue weighted by Crippen LogP contribution is -2.23. The monoisotopic (exact) mass is 452 g/mol. The molecule has 29 heavy (non-hydrogen) atoms. The van der Waals surface area contributed by atoms with Gasteiger partial charge in [0.25, 0.3) is 5.91 Å². The first-order valence-corrected chi connectivity index (χ1v) is 10.3. The summed E-state index contributed by atoms with van der Waals surface area (Å²) in [6, 6.07) is 14.9. The molecule has 0 spiro atoms. The zero-order chi connectivity index (χ0) is 20.1. The predicted molar refractivity (Wildman–Crippen MR) is 115 cm³/mol. The molecule has 0 aliphatic carbocycles. The largest absolute Gasteiger partial charge is 0.439 e. The molecule has 6 nitrogen and oxygen atoms in total. The number of ether oxygens (including phenoxy) is 1. The summed E-state index contributed by atoms with van der Waals surface area (Å²) in [7, 11) is 0. The fourth-order valence-corrected chi connectivity index (χ4v) is 3.40. The number of aromatic nitrogens is 2. The van der Waals surface area contributed by atoms with Crippen LogP contribution in [0.5, 0.6) is 11.6 Å². The smallest absolute Gasteiger partial charge is 0.253 e. The minimum absolute atomic E-state index is 0.184. The molecule has 2 aromatic heterocycles. The molecule has 1 N–H and O–H groups in total. The van der Waals surface area contributed by atoms with Gasteiger partial charge in [0.1, 0.15) is 11.6 Å². The number of carbonyl (C=O) groups is 1. The van der Waals surface area contributed by atoms with Crippen molar-refractivity contribution < 1.29 is 9.53 Å². The fraction of sp³-hybridized carbons (Fsp3) is 0.227. The Balaban J connectivity index is 1.30. The van der Waals surface area contributed by atoms with Gasteiger partial charge in [-0.05, 0) is 54.8 Å². The molecule has 0 unspecified atom stereocenters. The van der Waals surface area contributed by atoms with Crippen LogP contribution in [-0.4, -0.2) is 29.0 Å². The zero-order valence-corrected chi connectivity index (χ0v) is 17.4. The van der Waals surface area contributed by atoms with Crippen LogP contribution in [0, 0.1) is 0 Å². The van der Waals surface area contributed by atoms with E-state index in [4.69, 9.17) is 4.74 Å². The van der Waals surface area contributed by atoms with E-state index in [-0.39, 0.29) is 5.91 Å². The molecule has 4 rings (SSSR count). The van der Waals surface area contributed by atoms with Crippen LogP contribution in [0.3, 0.4) is 0 Å². The summed E-state index contributed by atoms with van der Waals surface area (Å²) in [6.45, 7) is 2.55. The molecule has 3 aromatic rings. The van der Waals surface area contributed by atoms with Gasteiger partial charge in [0.2, 0.25) is 5.88 Å². The molecule has 148 valence electrons. The Labute approximate surface area is 178 Å². The molecule has 1 aromatic carbocycles. The van der Waals surface area contributed by atoms with Gasteiger partial charge >= 0.3 is 0 Å². The number of pyridine rings is 2. The van der Waals surface area contributed by atoms with Crippen molar-refractivity contribution >= 4 is 27.7 Å². The highest BCUT2D eigenvalue weighted by molar-refractivity contribution is 9.10. The first-order valence-electron chi connectivity index (χ1n) is 9.55. The van der Waals surface area contributed by atoms with Gasteiger partial charge in [-0.3, -0.25) is 4.79 Å². The standard InChI is InChI=1S/C22H21BrN4O2/c23-18-5-7-19(8-6-18)29-21-10-4-17(15-25-21)22(28)26-14-16-3-9-20(24-13-16)27-11-1-2-12-27/h3-10,13,15H,1-2,11-12,14H2,(H,26,28). The molecule has 1 aliphatic rings. The number of nitrogens with one attached hydrogen (secondary N) is 1. The van der Waals surface area contributed by atoms with Crippen LogP contribution < -0.4 is 15.0 Å². The van der Waals surface area contributed by atoms with E-state index < -0.39 is 0 Å². The lowest BCUT2D eigenvalue weighted by Gasteiger charge is -2.16. The maximum Gasteiger partial charge on any atom is 0.253 e. The van der Waals surface area contributed by atoms with Crippen molar-refractivity contribution in [3.8, 4) is 11.6 Å². The van der Waals surface area contributed by atoms with Gasteiger partial charge in [-0.15, -0.1) is 0 Å². The van der Waals surface area contributed by atoms with Crippen LogP contribution in [0.2, 0.25) is 0 Å². The van der Waals surface area contributed by atoms with Crippen molar-refractivity contribution in [1.29, 1.82) is 0 Å². The molecule has 0 atom stereocenters. The van der Waals surface area contributed by atoms with Crippen LogP contribution in [0.15, 0.2) is 65.4 Å². The number of benzene rings is 1. The number of carbonyl (C=O) groups excluding carboxylic acids is 1. The maximum absolute atomic E-state index is 12.4. The summed E-state index contributed by atoms with van der Waals surface area (Å²) in [5, 5.41) is 2.90. The van der Waals surface area contributed by atoms with Crippen LogP contribution in [-0.2, 0) is 6.54 Å². The number of hydrogen-bond donors (Lipinski definition) is 1. The fourth-order valence-electron chi connectivity index (χ4n) is 3.14. The predicted octanol–water partition coefficient (Wildman–Crippen LogP) is 4.56. The average molecular weight is 453 g/mol. The van der Waals surface area contributed by atoms with Gasteiger partial charge < -0.3 is 15.0 Å². The highest BCUT2D eigenvalue weighted by Crippen LogP contribution is 2.22. The average Bonchev–Trinajstić information content (AvgIpc) is 3.29. The molecule has 0 bridgehead atoms. The quantitative estimate of drug-likeness (QED) is 0.593. The van der Waals surface area contributed by atoms with E-state index in [1.807, 2.05) is 42.6 Å². The molecule has 1 aliphatic heterocycles. The van der Waals surface area contributed by atoms with Gasteiger partial charge in [0.05, 0.1) is 5.56 Å². The first-order chi connectivity index (χ1) is 14.2. The molecule has 0 saturated carbocycles.